The summed E-state index contributed by atoms with van der Waals surface area (Å²) in [7, 11) is 0. The number of benzene rings is 1. The van der Waals surface area contributed by atoms with Crippen molar-refractivity contribution in [3.8, 4) is 0 Å². The first kappa shape index (κ1) is 10.2. The number of hydrogen-bond donors (Lipinski definition) is 2. The zero-order chi connectivity index (χ0) is 10.8. The molecule has 0 amide bonds. The molecule has 2 rings (SSSR count). The zero-order valence-electron chi connectivity index (χ0n) is 8.73. The summed E-state index contributed by atoms with van der Waals surface area (Å²) in [5.74, 6) is 0.172. The maximum absolute atomic E-state index is 9.89. The quantitative estimate of drug-likeness (QED) is 0.795. The van der Waals surface area contributed by atoms with Crippen LogP contribution in [0.3, 0.4) is 0 Å². The van der Waals surface area contributed by atoms with Crippen molar-refractivity contribution in [2.24, 2.45) is 0 Å². The van der Waals surface area contributed by atoms with E-state index in [1.54, 1.807) is 0 Å². The van der Waals surface area contributed by atoms with Crippen LogP contribution in [0.2, 0.25) is 0 Å². The maximum Gasteiger partial charge on any atom is 0.214 e. The lowest BCUT2D eigenvalue weighted by molar-refractivity contribution is 0.0294. The summed E-state index contributed by atoms with van der Waals surface area (Å²) < 4.78 is 5.38. The summed E-state index contributed by atoms with van der Waals surface area (Å²) in [4.78, 5) is 0. The van der Waals surface area contributed by atoms with Crippen molar-refractivity contribution in [2.45, 2.75) is 32.0 Å². The Hall–Kier alpha value is -1.35. The van der Waals surface area contributed by atoms with Crippen LogP contribution in [0.5, 0.6) is 0 Å². The van der Waals surface area contributed by atoms with Gasteiger partial charge < -0.3 is 9.84 Å². The highest BCUT2D eigenvalue weighted by atomic mass is 16.5. The minimum absolute atomic E-state index is 0.172. The Kier molecular flexibility index (Phi) is 2.73. The van der Waals surface area contributed by atoms with Crippen LogP contribution in [0.15, 0.2) is 24.3 Å². The fourth-order valence-electron chi connectivity index (χ4n) is 1.94. The van der Waals surface area contributed by atoms with Crippen LogP contribution in [0.25, 0.3) is 0 Å². The van der Waals surface area contributed by atoms with Crippen molar-refractivity contribution >= 4 is 5.90 Å². The van der Waals surface area contributed by atoms with Gasteiger partial charge in [0.25, 0.3) is 0 Å². The molecule has 0 radical (unpaired) electrons. The average molecular weight is 205 g/mol. The van der Waals surface area contributed by atoms with Gasteiger partial charge in [-0.25, -0.2) is 0 Å². The van der Waals surface area contributed by atoms with E-state index >= 15 is 0 Å². The van der Waals surface area contributed by atoms with E-state index in [0.717, 1.165) is 17.5 Å². The summed E-state index contributed by atoms with van der Waals surface area (Å²) in [6, 6.07) is 7.56. The van der Waals surface area contributed by atoms with E-state index in [4.69, 9.17) is 10.1 Å². The number of aliphatic hydroxyl groups is 1. The van der Waals surface area contributed by atoms with Gasteiger partial charge in [0.15, 0.2) is 6.10 Å². The fourth-order valence-corrected chi connectivity index (χ4v) is 1.94. The van der Waals surface area contributed by atoms with Gasteiger partial charge in [-0.15, -0.1) is 0 Å². The Bertz CT molecular complexity index is 376. The third kappa shape index (κ3) is 1.75. The normalized spacial score (nSPS) is 20.9. The van der Waals surface area contributed by atoms with Gasteiger partial charge in [-0.2, -0.15) is 0 Å². The number of ether oxygens (including phenoxy) is 1. The molecule has 2 N–H and O–H groups in total. The van der Waals surface area contributed by atoms with Crippen molar-refractivity contribution in [3.63, 3.8) is 0 Å². The largest absolute Gasteiger partial charge is 0.467 e. The molecule has 0 unspecified atom stereocenters. The summed E-state index contributed by atoms with van der Waals surface area (Å²) >= 11 is 0. The lowest BCUT2D eigenvalue weighted by atomic mass is 9.99. The summed E-state index contributed by atoms with van der Waals surface area (Å²) in [5.41, 5.74) is 1.74. The molecule has 1 aromatic carbocycles. The molecule has 3 nitrogen and oxygen atoms in total. The highest BCUT2D eigenvalue weighted by molar-refractivity contribution is 5.96. The zero-order valence-corrected chi connectivity index (χ0v) is 8.73. The van der Waals surface area contributed by atoms with E-state index < -0.39 is 6.10 Å². The Morgan fingerprint density at radius 1 is 1.47 bits per heavy atom. The number of aliphatic hydroxyl groups excluding tert-OH is 1. The molecule has 0 saturated heterocycles. The molecule has 0 aliphatic carbocycles. The van der Waals surface area contributed by atoms with Gasteiger partial charge in [0, 0.05) is 11.1 Å². The summed E-state index contributed by atoms with van der Waals surface area (Å²) in [5, 5.41) is 17.5. The Labute approximate surface area is 89.2 Å². The van der Waals surface area contributed by atoms with Crippen LogP contribution >= 0.6 is 0 Å². The number of nitrogens with one attached hydrogen (secondary N) is 1. The molecule has 15 heavy (non-hydrogen) atoms. The topological polar surface area (TPSA) is 53.3 Å². The minimum atomic E-state index is -0.515. The molecule has 0 bridgehead atoms. The minimum Gasteiger partial charge on any atom is -0.467 e. The lowest BCUT2D eigenvalue weighted by Crippen LogP contribution is -2.18. The van der Waals surface area contributed by atoms with Crippen LogP contribution in [0.1, 0.15) is 37.0 Å². The Balaban J connectivity index is 2.28. The van der Waals surface area contributed by atoms with Crippen LogP contribution < -0.4 is 0 Å². The average Bonchev–Trinajstić information content (AvgIpc) is 2.58. The number of hydrogen-bond acceptors (Lipinski definition) is 3. The van der Waals surface area contributed by atoms with Crippen LogP contribution in [0, 0.1) is 5.41 Å². The molecule has 1 aliphatic rings. The molecule has 1 aliphatic heterocycles. The molecule has 0 fully saturated rings. The van der Waals surface area contributed by atoms with E-state index in [0.29, 0.717) is 6.42 Å². The van der Waals surface area contributed by atoms with E-state index in [-0.39, 0.29) is 12.0 Å². The SMILES string of the molecule is CCC[C@@H](O)[C@@H]1OC(=N)c2ccccc21. The smallest absolute Gasteiger partial charge is 0.214 e. The second kappa shape index (κ2) is 4.03. The van der Waals surface area contributed by atoms with Crippen LogP contribution in [-0.4, -0.2) is 17.1 Å². The maximum atomic E-state index is 9.89. The van der Waals surface area contributed by atoms with E-state index in [9.17, 15) is 5.11 Å². The Morgan fingerprint density at radius 3 is 2.93 bits per heavy atom. The van der Waals surface area contributed by atoms with Crippen LogP contribution in [-0.2, 0) is 4.74 Å². The molecule has 0 saturated carbocycles. The van der Waals surface area contributed by atoms with Gasteiger partial charge in [0.2, 0.25) is 5.90 Å². The molecule has 1 heterocycles. The lowest BCUT2D eigenvalue weighted by Gasteiger charge is -2.17. The first-order valence-corrected chi connectivity index (χ1v) is 5.26. The van der Waals surface area contributed by atoms with E-state index in [1.807, 2.05) is 31.2 Å². The fraction of sp³-hybridized carbons (Fsp3) is 0.417. The number of rotatable bonds is 3. The van der Waals surface area contributed by atoms with Crippen molar-refractivity contribution in [2.75, 3.05) is 0 Å². The molecule has 2 atom stereocenters. The third-order valence-corrected chi connectivity index (χ3v) is 2.69. The highest BCUT2D eigenvalue weighted by Crippen LogP contribution is 2.33. The van der Waals surface area contributed by atoms with Gasteiger partial charge in [0.05, 0.1) is 6.10 Å². The first-order valence-electron chi connectivity index (χ1n) is 5.26. The van der Waals surface area contributed by atoms with E-state index in [2.05, 4.69) is 0 Å². The monoisotopic (exact) mass is 205 g/mol. The van der Waals surface area contributed by atoms with Gasteiger partial charge in [-0.1, -0.05) is 31.5 Å². The molecule has 3 heteroatoms. The van der Waals surface area contributed by atoms with Crippen molar-refractivity contribution < 1.29 is 9.84 Å². The summed E-state index contributed by atoms with van der Waals surface area (Å²) in [6.45, 7) is 2.02. The van der Waals surface area contributed by atoms with E-state index in [1.165, 1.54) is 0 Å². The first-order chi connectivity index (χ1) is 7.24. The van der Waals surface area contributed by atoms with Crippen LogP contribution in [0.4, 0.5) is 0 Å². The number of fused-ring (bicyclic) bond motifs is 1. The molecular formula is C12H15NO2. The molecule has 1 aromatic rings. The molecule has 80 valence electrons. The molecule has 0 aromatic heterocycles. The highest BCUT2D eigenvalue weighted by Gasteiger charge is 2.32. The molecule has 0 spiro atoms. The van der Waals surface area contributed by atoms with Gasteiger partial charge >= 0.3 is 0 Å². The predicted molar refractivity (Wildman–Crippen MR) is 58.0 cm³/mol. The molecular weight excluding hydrogens is 190 g/mol. The summed E-state index contributed by atoms with van der Waals surface area (Å²) in [6.07, 6.45) is 0.746. The second-order valence-corrected chi connectivity index (χ2v) is 3.81. The van der Waals surface area contributed by atoms with Crippen molar-refractivity contribution in [3.05, 3.63) is 35.4 Å². The standard InChI is InChI=1S/C12H15NO2/c1-2-5-10(14)11-8-6-3-4-7-9(8)12(13)15-11/h3-4,6-7,10-11,13-14H,2,5H2,1H3/t10-,11-/m1/s1. The van der Waals surface area contributed by atoms with Crippen molar-refractivity contribution in [1.82, 2.24) is 0 Å². The second-order valence-electron chi connectivity index (χ2n) is 3.81. The van der Waals surface area contributed by atoms with Gasteiger partial charge in [0.1, 0.15) is 0 Å². The predicted octanol–water partition coefficient (Wildman–Crippen LogP) is 2.24. The third-order valence-electron chi connectivity index (χ3n) is 2.69. The van der Waals surface area contributed by atoms with Gasteiger partial charge in [-0.3, -0.25) is 5.41 Å². The van der Waals surface area contributed by atoms with Gasteiger partial charge in [-0.05, 0) is 12.5 Å². The Morgan fingerprint density at radius 2 is 2.20 bits per heavy atom. The van der Waals surface area contributed by atoms with Crippen molar-refractivity contribution in [1.29, 1.82) is 5.41 Å².